The molecular weight excluding hydrogens is 448 g/mol. The van der Waals surface area contributed by atoms with Gasteiger partial charge in [-0.3, -0.25) is 0 Å². The number of benzene rings is 3. The van der Waals surface area contributed by atoms with Crippen LogP contribution in [0.1, 0.15) is 90.8 Å². The molecule has 0 saturated heterocycles. The molecule has 0 fully saturated rings. The van der Waals surface area contributed by atoms with Crippen LogP contribution in [0.5, 0.6) is 11.5 Å². The Kier molecular flexibility index (Phi) is 10.3. The first-order valence-corrected chi connectivity index (χ1v) is 13.2. The summed E-state index contributed by atoms with van der Waals surface area (Å²) >= 11 is 0. The number of unbranched alkanes of at least 4 members (excludes halogenated alkanes) is 2. The molecule has 0 atom stereocenters. The Morgan fingerprint density at radius 2 is 1.17 bits per heavy atom. The molecule has 3 aromatic rings. The number of rotatable bonds is 12. The zero-order valence-corrected chi connectivity index (χ0v) is 22.0. The smallest absolute Gasteiger partial charge is 0.343 e. The van der Waals surface area contributed by atoms with Crippen LogP contribution >= 0.6 is 0 Å². The molecule has 0 aromatic heterocycles. The quantitative estimate of drug-likeness (QED) is 0.192. The fourth-order valence-corrected chi connectivity index (χ4v) is 4.27. The number of para-hydroxylation sites is 1. The Morgan fingerprint density at radius 1 is 0.667 bits per heavy atom. The molecule has 4 nitrogen and oxygen atoms in total. The molecule has 0 spiro atoms. The minimum atomic E-state index is -0.441. The van der Waals surface area contributed by atoms with Crippen LogP contribution in [-0.4, -0.2) is 11.9 Å². The number of aryl methyl sites for hydroxylation is 2. The second-order valence-corrected chi connectivity index (χ2v) is 9.64. The van der Waals surface area contributed by atoms with Crippen LogP contribution in [-0.2, 0) is 19.3 Å². The van der Waals surface area contributed by atoms with Crippen molar-refractivity contribution in [2.75, 3.05) is 0 Å². The molecular formula is C32H38O4. The summed E-state index contributed by atoms with van der Waals surface area (Å²) in [6, 6.07) is 20.6. The summed E-state index contributed by atoms with van der Waals surface area (Å²) in [5.74, 6) is 0.0475. The lowest BCUT2D eigenvalue weighted by atomic mass is 10.0. The van der Waals surface area contributed by atoms with E-state index >= 15 is 0 Å². The molecule has 4 heteroatoms. The third-order valence-corrected chi connectivity index (χ3v) is 6.16. The molecule has 0 aliphatic rings. The number of esters is 2. The molecule has 0 bridgehead atoms. The standard InChI is InChI=1S/C32H38O4/c1-5-7-14-24-16-9-11-19-27(24)31(33)35-29-21-13-18-26(22-23(3)4)30(29)36-32(34)28-20-12-10-17-25(28)15-8-6-2/h9-13,16-21,23H,5-8,14-15,22H2,1-4H3. The van der Waals surface area contributed by atoms with Crippen molar-refractivity contribution in [1.82, 2.24) is 0 Å². The molecule has 0 heterocycles. The van der Waals surface area contributed by atoms with Gasteiger partial charge in [-0.1, -0.05) is 89.1 Å². The van der Waals surface area contributed by atoms with Gasteiger partial charge in [0.1, 0.15) is 0 Å². The Bertz CT molecular complexity index is 1160. The monoisotopic (exact) mass is 486 g/mol. The van der Waals surface area contributed by atoms with E-state index in [0.717, 1.165) is 55.2 Å². The van der Waals surface area contributed by atoms with Crippen LogP contribution in [0, 0.1) is 5.92 Å². The van der Waals surface area contributed by atoms with Gasteiger partial charge in [0.2, 0.25) is 0 Å². The highest BCUT2D eigenvalue weighted by atomic mass is 16.6. The summed E-state index contributed by atoms with van der Waals surface area (Å²) in [6.45, 7) is 8.47. The molecule has 0 saturated carbocycles. The Labute approximate surface area is 215 Å². The van der Waals surface area contributed by atoms with E-state index in [9.17, 15) is 9.59 Å². The molecule has 3 rings (SSSR count). The summed E-state index contributed by atoms with van der Waals surface area (Å²) in [5, 5.41) is 0. The minimum absolute atomic E-state index is 0.267. The van der Waals surface area contributed by atoms with Crippen LogP contribution in [0.25, 0.3) is 0 Å². The SMILES string of the molecule is CCCCc1ccccc1C(=O)Oc1cccc(CC(C)C)c1OC(=O)c1ccccc1CCCC. The van der Waals surface area contributed by atoms with Gasteiger partial charge in [-0.25, -0.2) is 9.59 Å². The molecule has 0 aliphatic carbocycles. The van der Waals surface area contributed by atoms with Crippen LogP contribution in [0.15, 0.2) is 66.7 Å². The van der Waals surface area contributed by atoms with Crippen molar-refractivity contribution in [3.05, 3.63) is 94.5 Å². The Balaban J connectivity index is 1.94. The van der Waals surface area contributed by atoms with E-state index in [-0.39, 0.29) is 5.75 Å². The van der Waals surface area contributed by atoms with Crippen LogP contribution in [0.3, 0.4) is 0 Å². The van der Waals surface area contributed by atoms with Gasteiger partial charge < -0.3 is 9.47 Å². The van der Waals surface area contributed by atoms with Gasteiger partial charge in [0, 0.05) is 0 Å². The second-order valence-electron chi connectivity index (χ2n) is 9.64. The van der Waals surface area contributed by atoms with Crippen LogP contribution < -0.4 is 9.47 Å². The van der Waals surface area contributed by atoms with Gasteiger partial charge in [0.15, 0.2) is 11.5 Å². The zero-order chi connectivity index (χ0) is 25.9. The molecule has 0 radical (unpaired) electrons. The van der Waals surface area contributed by atoms with E-state index in [0.29, 0.717) is 29.2 Å². The Morgan fingerprint density at radius 3 is 1.69 bits per heavy atom. The molecule has 36 heavy (non-hydrogen) atoms. The summed E-state index contributed by atoms with van der Waals surface area (Å²) in [7, 11) is 0. The van der Waals surface area contributed by atoms with E-state index in [2.05, 4.69) is 27.7 Å². The molecule has 0 unspecified atom stereocenters. The van der Waals surface area contributed by atoms with Gasteiger partial charge in [0.05, 0.1) is 11.1 Å². The lowest BCUT2D eigenvalue weighted by Gasteiger charge is -2.17. The highest BCUT2D eigenvalue weighted by Crippen LogP contribution is 2.35. The minimum Gasteiger partial charge on any atom is -0.419 e. The highest BCUT2D eigenvalue weighted by molar-refractivity contribution is 5.95. The van der Waals surface area contributed by atoms with Gasteiger partial charge in [-0.15, -0.1) is 0 Å². The van der Waals surface area contributed by atoms with Crippen molar-refractivity contribution in [1.29, 1.82) is 0 Å². The topological polar surface area (TPSA) is 52.6 Å². The van der Waals surface area contributed by atoms with Crippen molar-refractivity contribution in [3.8, 4) is 11.5 Å². The van der Waals surface area contributed by atoms with Crippen LogP contribution in [0.2, 0.25) is 0 Å². The predicted octanol–water partition coefficient (Wildman–Crippen LogP) is 8.01. The van der Waals surface area contributed by atoms with E-state index in [1.54, 1.807) is 18.2 Å². The fourth-order valence-electron chi connectivity index (χ4n) is 4.27. The lowest BCUT2D eigenvalue weighted by Crippen LogP contribution is -2.16. The summed E-state index contributed by atoms with van der Waals surface area (Å²) in [5.41, 5.74) is 3.86. The Hall–Kier alpha value is -3.40. The third-order valence-electron chi connectivity index (χ3n) is 6.16. The van der Waals surface area contributed by atoms with E-state index < -0.39 is 11.9 Å². The van der Waals surface area contributed by atoms with Gasteiger partial charge in [-0.05, 0) is 72.9 Å². The highest BCUT2D eigenvalue weighted by Gasteiger charge is 2.22. The van der Waals surface area contributed by atoms with Gasteiger partial charge in [0.25, 0.3) is 0 Å². The lowest BCUT2D eigenvalue weighted by molar-refractivity contribution is 0.0679. The second kappa shape index (κ2) is 13.6. The largest absolute Gasteiger partial charge is 0.419 e. The van der Waals surface area contributed by atoms with Crippen molar-refractivity contribution < 1.29 is 19.1 Å². The predicted molar refractivity (Wildman–Crippen MR) is 145 cm³/mol. The number of hydrogen-bond donors (Lipinski definition) is 0. The first-order valence-electron chi connectivity index (χ1n) is 13.2. The average molecular weight is 487 g/mol. The van der Waals surface area contributed by atoms with E-state index in [4.69, 9.17) is 9.47 Å². The van der Waals surface area contributed by atoms with Gasteiger partial charge >= 0.3 is 11.9 Å². The first-order chi connectivity index (χ1) is 17.4. The number of ether oxygens (including phenoxy) is 2. The summed E-state index contributed by atoms with van der Waals surface area (Å²) in [4.78, 5) is 26.6. The summed E-state index contributed by atoms with van der Waals surface area (Å²) < 4.78 is 11.9. The third kappa shape index (κ3) is 7.30. The fraction of sp³-hybridized carbons (Fsp3) is 0.375. The van der Waals surface area contributed by atoms with E-state index in [1.807, 2.05) is 48.5 Å². The molecule has 0 N–H and O–H groups in total. The van der Waals surface area contributed by atoms with Crippen molar-refractivity contribution in [2.24, 2.45) is 5.92 Å². The molecule has 190 valence electrons. The van der Waals surface area contributed by atoms with Crippen molar-refractivity contribution >= 4 is 11.9 Å². The molecule has 3 aromatic carbocycles. The average Bonchev–Trinajstić information content (AvgIpc) is 2.88. The molecule has 0 amide bonds. The zero-order valence-electron chi connectivity index (χ0n) is 22.0. The maximum Gasteiger partial charge on any atom is 0.343 e. The van der Waals surface area contributed by atoms with E-state index in [1.165, 1.54) is 0 Å². The summed E-state index contributed by atoms with van der Waals surface area (Å²) in [6.07, 6.45) is 6.39. The first kappa shape index (κ1) is 27.2. The van der Waals surface area contributed by atoms with Gasteiger partial charge in [-0.2, -0.15) is 0 Å². The molecule has 0 aliphatic heterocycles. The van der Waals surface area contributed by atoms with Crippen molar-refractivity contribution in [3.63, 3.8) is 0 Å². The van der Waals surface area contributed by atoms with Crippen molar-refractivity contribution in [2.45, 2.75) is 72.6 Å². The van der Waals surface area contributed by atoms with Crippen LogP contribution in [0.4, 0.5) is 0 Å². The maximum absolute atomic E-state index is 13.4. The number of carbonyl (C=O) groups excluding carboxylic acids is 2. The number of carbonyl (C=O) groups is 2. The number of hydrogen-bond acceptors (Lipinski definition) is 4. The normalized spacial score (nSPS) is 10.9. The maximum atomic E-state index is 13.4.